The number of nitrogens with zero attached hydrogens (tertiary/aromatic N) is 3. The molecule has 3 nitrogen and oxygen atoms in total. The minimum atomic E-state index is 0.0992. The third kappa shape index (κ3) is 2.45. The van der Waals surface area contributed by atoms with Crippen molar-refractivity contribution in [1.82, 2.24) is 0 Å². The Bertz CT molecular complexity index is 820. The van der Waals surface area contributed by atoms with E-state index in [1.54, 1.807) is 0 Å². The van der Waals surface area contributed by atoms with E-state index >= 15 is 0 Å². The fourth-order valence-corrected chi connectivity index (χ4v) is 3.21. The maximum Gasteiger partial charge on any atom is 0.140 e. The highest BCUT2D eigenvalue weighted by molar-refractivity contribution is 8.15. The highest BCUT2D eigenvalue weighted by atomic mass is 32.2. The number of nitriles is 2. The van der Waals surface area contributed by atoms with Gasteiger partial charge in [0.1, 0.15) is 22.8 Å². The SMILES string of the molecule is N#CC(C#N)=C1C(=Nc2ccccc2)Sc2ccccc21. The van der Waals surface area contributed by atoms with E-state index in [-0.39, 0.29) is 5.57 Å². The number of benzene rings is 2. The first-order valence-corrected chi connectivity index (χ1v) is 7.11. The molecule has 1 aliphatic heterocycles. The van der Waals surface area contributed by atoms with Gasteiger partial charge in [0.25, 0.3) is 0 Å². The van der Waals surface area contributed by atoms with Crippen LogP contribution in [0.2, 0.25) is 0 Å². The predicted molar refractivity (Wildman–Crippen MR) is 84.0 cm³/mol. The monoisotopic (exact) mass is 287 g/mol. The third-order valence-corrected chi connectivity index (χ3v) is 4.10. The number of allylic oxidation sites excluding steroid dienone is 1. The summed E-state index contributed by atoms with van der Waals surface area (Å²) in [6.45, 7) is 0. The highest BCUT2D eigenvalue weighted by Crippen LogP contribution is 2.43. The lowest BCUT2D eigenvalue weighted by molar-refractivity contribution is 1.41. The van der Waals surface area contributed by atoms with Crippen molar-refractivity contribution in [2.75, 3.05) is 0 Å². The molecule has 98 valence electrons. The first-order valence-electron chi connectivity index (χ1n) is 6.29. The average Bonchev–Trinajstić information content (AvgIpc) is 2.88. The smallest absolute Gasteiger partial charge is 0.140 e. The van der Waals surface area contributed by atoms with Gasteiger partial charge in [-0.25, -0.2) is 4.99 Å². The van der Waals surface area contributed by atoms with E-state index in [0.29, 0.717) is 10.6 Å². The van der Waals surface area contributed by atoms with Crippen LogP contribution in [0, 0.1) is 22.7 Å². The highest BCUT2D eigenvalue weighted by Gasteiger charge is 2.27. The molecular formula is C17H9N3S. The molecule has 4 heteroatoms. The Morgan fingerprint density at radius 2 is 1.57 bits per heavy atom. The minimum Gasteiger partial charge on any atom is -0.241 e. The van der Waals surface area contributed by atoms with Gasteiger partial charge in [0.05, 0.1) is 5.69 Å². The summed E-state index contributed by atoms with van der Waals surface area (Å²) in [6.07, 6.45) is 0. The summed E-state index contributed by atoms with van der Waals surface area (Å²) in [6, 6.07) is 21.2. The fourth-order valence-electron chi connectivity index (χ4n) is 2.11. The number of para-hydroxylation sites is 1. The van der Waals surface area contributed by atoms with Gasteiger partial charge < -0.3 is 0 Å². The van der Waals surface area contributed by atoms with Crippen LogP contribution in [0.4, 0.5) is 5.69 Å². The van der Waals surface area contributed by atoms with Gasteiger partial charge >= 0.3 is 0 Å². The molecular weight excluding hydrogens is 278 g/mol. The van der Waals surface area contributed by atoms with E-state index in [0.717, 1.165) is 16.1 Å². The minimum absolute atomic E-state index is 0.0992. The zero-order valence-corrected chi connectivity index (χ0v) is 11.8. The largest absolute Gasteiger partial charge is 0.241 e. The molecule has 0 amide bonds. The van der Waals surface area contributed by atoms with Crippen molar-refractivity contribution in [3.8, 4) is 12.1 Å². The first-order chi connectivity index (χ1) is 10.3. The molecule has 0 N–H and O–H groups in total. The number of fused-ring (bicyclic) bond motifs is 1. The van der Waals surface area contributed by atoms with Crippen LogP contribution in [0.15, 0.2) is 70.1 Å². The molecule has 0 bridgehead atoms. The Labute approximate surface area is 126 Å². The van der Waals surface area contributed by atoms with Crippen molar-refractivity contribution >= 4 is 28.1 Å². The molecule has 0 radical (unpaired) electrons. The average molecular weight is 287 g/mol. The Morgan fingerprint density at radius 1 is 0.905 bits per heavy atom. The van der Waals surface area contributed by atoms with Crippen molar-refractivity contribution < 1.29 is 0 Å². The van der Waals surface area contributed by atoms with Crippen LogP contribution in [0.5, 0.6) is 0 Å². The zero-order valence-electron chi connectivity index (χ0n) is 10.9. The van der Waals surface area contributed by atoms with E-state index in [9.17, 15) is 10.5 Å². The van der Waals surface area contributed by atoms with Gasteiger partial charge in [-0.15, -0.1) is 0 Å². The predicted octanol–water partition coefficient (Wildman–Crippen LogP) is 4.32. The van der Waals surface area contributed by atoms with Gasteiger partial charge in [-0.2, -0.15) is 10.5 Å². The Morgan fingerprint density at radius 3 is 2.29 bits per heavy atom. The molecule has 2 aromatic carbocycles. The standard InChI is InChI=1S/C17H9N3S/c18-10-12(11-19)16-14-8-4-5-9-15(14)21-17(16)20-13-6-2-1-3-7-13/h1-9H. The van der Waals surface area contributed by atoms with E-state index in [1.165, 1.54) is 11.8 Å². The summed E-state index contributed by atoms with van der Waals surface area (Å²) < 4.78 is 0. The summed E-state index contributed by atoms with van der Waals surface area (Å²) in [7, 11) is 0. The molecule has 3 rings (SSSR count). The van der Waals surface area contributed by atoms with Crippen molar-refractivity contribution in [3.63, 3.8) is 0 Å². The van der Waals surface area contributed by atoms with Crippen LogP contribution in [-0.4, -0.2) is 5.04 Å². The molecule has 0 saturated heterocycles. The third-order valence-electron chi connectivity index (χ3n) is 3.04. The molecule has 0 unspecified atom stereocenters. The lowest BCUT2D eigenvalue weighted by Crippen LogP contribution is -1.93. The van der Waals surface area contributed by atoms with E-state index in [1.807, 2.05) is 66.7 Å². The lowest BCUT2D eigenvalue weighted by Gasteiger charge is -2.01. The van der Waals surface area contributed by atoms with Gasteiger partial charge in [0, 0.05) is 16.0 Å². The quantitative estimate of drug-likeness (QED) is 0.734. The molecule has 0 aliphatic carbocycles. The van der Waals surface area contributed by atoms with E-state index in [2.05, 4.69) is 4.99 Å². The number of thioether (sulfide) groups is 1. The molecule has 0 atom stereocenters. The second kappa shape index (κ2) is 5.66. The van der Waals surface area contributed by atoms with Gasteiger partial charge in [-0.1, -0.05) is 48.2 Å². The van der Waals surface area contributed by atoms with Gasteiger partial charge in [0.15, 0.2) is 0 Å². The summed E-state index contributed by atoms with van der Waals surface area (Å²) in [5.41, 5.74) is 2.43. The van der Waals surface area contributed by atoms with Gasteiger partial charge in [-0.3, -0.25) is 0 Å². The summed E-state index contributed by atoms with van der Waals surface area (Å²) in [4.78, 5) is 5.61. The lowest BCUT2D eigenvalue weighted by atomic mass is 10.0. The summed E-state index contributed by atoms with van der Waals surface area (Å²) >= 11 is 1.49. The number of hydrogen-bond donors (Lipinski definition) is 0. The summed E-state index contributed by atoms with van der Waals surface area (Å²) in [5.74, 6) is 0. The Kier molecular flexibility index (Phi) is 3.55. The van der Waals surface area contributed by atoms with Gasteiger partial charge in [0.2, 0.25) is 0 Å². The second-order valence-electron chi connectivity index (χ2n) is 4.32. The topological polar surface area (TPSA) is 59.9 Å². The zero-order chi connectivity index (χ0) is 14.7. The van der Waals surface area contributed by atoms with Crippen LogP contribution in [0.25, 0.3) is 5.57 Å². The first kappa shape index (κ1) is 13.2. The van der Waals surface area contributed by atoms with Crippen molar-refractivity contribution in [3.05, 3.63) is 65.7 Å². The molecule has 2 aromatic rings. The van der Waals surface area contributed by atoms with Crippen LogP contribution in [0.1, 0.15) is 5.56 Å². The molecule has 21 heavy (non-hydrogen) atoms. The molecule has 0 fully saturated rings. The van der Waals surface area contributed by atoms with Crippen molar-refractivity contribution in [2.24, 2.45) is 4.99 Å². The maximum absolute atomic E-state index is 9.20. The van der Waals surface area contributed by atoms with E-state index < -0.39 is 0 Å². The van der Waals surface area contributed by atoms with Gasteiger partial charge in [-0.05, 0) is 18.2 Å². The maximum atomic E-state index is 9.20. The van der Waals surface area contributed by atoms with Crippen LogP contribution >= 0.6 is 11.8 Å². The van der Waals surface area contributed by atoms with Crippen molar-refractivity contribution in [1.29, 1.82) is 10.5 Å². The summed E-state index contributed by atoms with van der Waals surface area (Å²) in [5, 5.41) is 19.1. The molecule has 1 aliphatic rings. The Hall–Kier alpha value is -2.82. The fraction of sp³-hybridized carbons (Fsp3) is 0. The number of hydrogen-bond acceptors (Lipinski definition) is 4. The Balaban J connectivity index is 2.20. The molecule has 0 saturated carbocycles. The number of aliphatic imine (C=N–C) groups is 1. The van der Waals surface area contributed by atoms with Crippen molar-refractivity contribution in [2.45, 2.75) is 4.90 Å². The molecule has 1 heterocycles. The van der Waals surface area contributed by atoms with E-state index in [4.69, 9.17) is 0 Å². The van der Waals surface area contributed by atoms with Crippen LogP contribution < -0.4 is 0 Å². The van der Waals surface area contributed by atoms with Crippen LogP contribution in [0.3, 0.4) is 0 Å². The van der Waals surface area contributed by atoms with Crippen LogP contribution in [-0.2, 0) is 0 Å². The second-order valence-corrected chi connectivity index (χ2v) is 5.35. The molecule has 0 aromatic heterocycles. The number of rotatable bonds is 1. The molecule has 0 spiro atoms. The normalized spacial score (nSPS) is 14.4.